The van der Waals surface area contributed by atoms with Gasteiger partial charge in [-0.3, -0.25) is 0 Å². The number of nitrogens with two attached hydrogens (primary N) is 1. The maximum Gasteiger partial charge on any atom is 0.137 e. The number of aliphatic hydroxyl groups excluding tert-OH is 1. The average Bonchev–Trinajstić information content (AvgIpc) is 2.31. The van der Waals surface area contributed by atoms with Crippen LogP contribution in [0.4, 0.5) is 4.39 Å². The Labute approximate surface area is 68.5 Å². The number of hydrogen-bond donors (Lipinski definition) is 2. The molecule has 1 atom stereocenters. The smallest absolute Gasteiger partial charge is 0.137 e. The molecule has 0 aromatic carbocycles. The third-order valence-electron chi connectivity index (χ3n) is 1.43. The Hall–Kier alpha value is -0.450. The summed E-state index contributed by atoms with van der Waals surface area (Å²) >= 11 is 1.24. The van der Waals surface area contributed by atoms with Gasteiger partial charge in [0.1, 0.15) is 11.9 Å². The maximum atomic E-state index is 12.7. The van der Waals surface area contributed by atoms with Crippen LogP contribution in [-0.2, 0) is 0 Å². The molecule has 1 aromatic rings. The number of rotatable bonds is 2. The Morgan fingerprint density at radius 2 is 2.45 bits per heavy atom. The lowest BCUT2D eigenvalue weighted by atomic mass is 10.3. The van der Waals surface area contributed by atoms with Gasteiger partial charge in [-0.25, -0.2) is 4.39 Å². The molecule has 0 fully saturated rings. The Morgan fingerprint density at radius 3 is 2.82 bits per heavy atom. The van der Waals surface area contributed by atoms with Crippen LogP contribution in [0.25, 0.3) is 0 Å². The summed E-state index contributed by atoms with van der Waals surface area (Å²) in [6.45, 7) is 1.81. The van der Waals surface area contributed by atoms with E-state index in [2.05, 4.69) is 0 Å². The highest BCUT2D eigenvalue weighted by atomic mass is 32.1. The minimum Gasteiger partial charge on any atom is -0.386 e. The zero-order chi connectivity index (χ0) is 8.43. The molecular formula is C7H10FNOS. The summed E-state index contributed by atoms with van der Waals surface area (Å²) in [5.74, 6) is -0.266. The van der Waals surface area contributed by atoms with Crippen LogP contribution in [0, 0.1) is 12.7 Å². The Bertz CT molecular complexity index is 229. The van der Waals surface area contributed by atoms with Gasteiger partial charge < -0.3 is 10.8 Å². The van der Waals surface area contributed by atoms with Crippen LogP contribution in [0.3, 0.4) is 0 Å². The van der Waals surface area contributed by atoms with Gasteiger partial charge in [-0.2, -0.15) is 0 Å². The van der Waals surface area contributed by atoms with Crippen molar-refractivity contribution < 1.29 is 9.50 Å². The Morgan fingerprint density at radius 1 is 1.82 bits per heavy atom. The minimum absolute atomic E-state index is 0.138. The average molecular weight is 175 g/mol. The molecule has 0 aliphatic heterocycles. The fourth-order valence-electron chi connectivity index (χ4n) is 0.762. The van der Waals surface area contributed by atoms with Crippen LogP contribution in [-0.4, -0.2) is 11.7 Å². The zero-order valence-electron chi connectivity index (χ0n) is 6.17. The third kappa shape index (κ3) is 1.77. The van der Waals surface area contributed by atoms with Crippen molar-refractivity contribution in [2.75, 3.05) is 6.54 Å². The maximum absolute atomic E-state index is 12.7. The van der Waals surface area contributed by atoms with Crippen LogP contribution in [0.1, 0.15) is 15.9 Å². The van der Waals surface area contributed by atoms with Gasteiger partial charge >= 0.3 is 0 Å². The van der Waals surface area contributed by atoms with Crippen LogP contribution in [0.15, 0.2) is 6.07 Å². The molecule has 0 radical (unpaired) electrons. The summed E-state index contributed by atoms with van der Waals surface area (Å²) in [6, 6.07) is 1.33. The van der Waals surface area contributed by atoms with Crippen molar-refractivity contribution in [3.05, 3.63) is 21.6 Å². The minimum atomic E-state index is -0.719. The van der Waals surface area contributed by atoms with Gasteiger partial charge in [0, 0.05) is 16.3 Å². The van der Waals surface area contributed by atoms with Gasteiger partial charge in [0.15, 0.2) is 0 Å². The van der Waals surface area contributed by atoms with Gasteiger partial charge in [0.25, 0.3) is 0 Å². The molecule has 0 spiro atoms. The molecule has 0 aliphatic rings. The Balaban J connectivity index is 2.88. The van der Waals surface area contributed by atoms with Crippen LogP contribution in [0.5, 0.6) is 0 Å². The molecule has 1 aromatic heterocycles. The van der Waals surface area contributed by atoms with E-state index >= 15 is 0 Å². The van der Waals surface area contributed by atoms with E-state index in [0.29, 0.717) is 9.75 Å². The molecule has 0 bridgehead atoms. The molecule has 62 valence electrons. The first-order valence-corrected chi connectivity index (χ1v) is 4.10. The van der Waals surface area contributed by atoms with Crippen LogP contribution >= 0.6 is 11.3 Å². The highest BCUT2D eigenvalue weighted by Crippen LogP contribution is 2.24. The first kappa shape index (κ1) is 8.64. The predicted molar refractivity (Wildman–Crippen MR) is 43.0 cm³/mol. The molecule has 2 nitrogen and oxygen atoms in total. The normalized spacial score (nSPS) is 13.5. The third-order valence-corrected chi connectivity index (χ3v) is 2.55. The van der Waals surface area contributed by atoms with E-state index in [1.807, 2.05) is 0 Å². The van der Waals surface area contributed by atoms with Gasteiger partial charge in [0.05, 0.1) is 0 Å². The lowest BCUT2D eigenvalue weighted by Gasteiger charge is -2.01. The van der Waals surface area contributed by atoms with Crippen molar-refractivity contribution >= 4 is 11.3 Å². The largest absolute Gasteiger partial charge is 0.386 e. The second kappa shape index (κ2) is 3.30. The molecule has 1 rings (SSSR count). The van der Waals surface area contributed by atoms with Crippen LogP contribution in [0.2, 0.25) is 0 Å². The molecule has 0 amide bonds. The van der Waals surface area contributed by atoms with Gasteiger partial charge in [-0.15, -0.1) is 11.3 Å². The van der Waals surface area contributed by atoms with E-state index < -0.39 is 6.10 Å². The number of halogens is 1. The van der Waals surface area contributed by atoms with Crippen molar-refractivity contribution in [2.45, 2.75) is 13.0 Å². The van der Waals surface area contributed by atoms with Crippen molar-refractivity contribution in [3.8, 4) is 0 Å². The summed E-state index contributed by atoms with van der Waals surface area (Å²) in [5.41, 5.74) is 5.20. The lowest BCUT2D eigenvalue weighted by molar-refractivity contribution is 0.190. The SMILES string of the molecule is Cc1sc(C(O)CN)cc1F. The topological polar surface area (TPSA) is 46.2 Å². The molecule has 0 saturated carbocycles. The quantitative estimate of drug-likeness (QED) is 0.709. The van der Waals surface area contributed by atoms with E-state index in [1.54, 1.807) is 6.92 Å². The fourth-order valence-corrected chi connectivity index (χ4v) is 1.67. The predicted octanol–water partition coefficient (Wildman–Crippen LogP) is 1.19. The molecule has 3 N–H and O–H groups in total. The molecule has 1 unspecified atom stereocenters. The first-order valence-electron chi connectivity index (χ1n) is 3.29. The second-order valence-electron chi connectivity index (χ2n) is 2.30. The standard InChI is InChI=1S/C7H10FNOS/c1-4-5(8)2-7(11-4)6(10)3-9/h2,6,10H,3,9H2,1H3. The number of hydrogen-bond acceptors (Lipinski definition) is 3. The van der Waals surface area contributed by atoms with Crippen LogP contribution < -0.4 is 5.73 Å². The summed E-state index contributed by atoms with van der Waals surface area (Å²) in [6.07, 6.45) is -0.719. The number of aliphatic hydroxyl groups is 1. The zero-order valence-corrected chi connectivity index (χ0v) is 6.99. The highest BCUT2D eigenvalue weighted by Gasteiger charge is 2.10. The van der Waals surface area contributed by atoms with E-state index in [0.717, 1.165) is 0 Å². The van der Waals surface area contributed by atoms with Crippen molar-refractivity contribution in [1.29, 1.82) is 0 Å². The molecule has 4 heteroatoms. The Kier molecular flexibility index (Phi) is 2.59. The number of aryl methyl sites for hydroxylation is 1. The number of thiophene rings is 1. The summed E-state index contributed by atoms with van der Waals surface area (Å²) in [4.78, 5) is 1.19. The van der Waals surface area contributed by atoms with Gasteiger partial charge in [0.2, 0.25) is 0 Å². The molecule has 0 saturated heterocycles. The molecule has 0 aliphatic carbocycles. The second-order valence-corrected chi connectivity index (χ2v) is 3.59. The van der Waals surface area contributed by atoms with E-state index in [9.17, 15) is 9.50 Å². The summed E-state index contributed by atoms with van der Waals surface area (Å²) < 4.78 is 12.7. The summed E-state index contributed by atoms with van der Waals surface area (Å²) in [7, 11) is 0. The lowest BCUT2D eigenvalue weighted by Crippen LogP contribution is -2.09. The molecule has 1 heterocycles. The van der Waals surface area contributed by atoms with Crippen molar-refractivity contribution in [2.24, 2.45) is 5.73 Å². The van der Waals surface area contributed by atoms with E-state index in [1.165, 1.54) is 17.4 Å². The molecular weight excluding hydrogens is 165 g/mol. The van der Waals surface area contributed by atoms with Gasteiger partial charge in [-0.1, -0.05) is 0 Å². The fraction of sp³-hybridized carbons (Fsp3) is 0.429. The summed E-state index contributed by atoms with van der Waals surface area (Å²) in [5, 5.41) is 9.19. The monoisotopic (exact) mass is 175 g/mol. The van der Waals surface area contributed by atoms with Gasteiger partial charge in [-0.05, 0) is 13.0 Å². The highest BCUT2D eigenvalue weighted by molar-refractivity contribution is 7.12. The molecule has 11 heavy (non-hydrogen) atoms. The van der Waals surface area contributed by atoms with E-state index in [4.69, 9.17) is 5.73 Å². The van der Waals surface area contributed by atoms with Crippen molar-refractivity contribution in [1.82, 2.24) is 0 Å². The van der Waals surface area contributed by atoms with Crippen molar-refractivity contribution in [3.63, 3.8) is 0 Å². The van der Waals surface area contributed by atoms with E-state index in [-0.39, 0.29) is 12.4 Å². The first-order chi connectivity index (χ1) is 5.15.